The third kappa shape index (κ3) is 1.52. The van der Waals surface area contributed by atoms with E-state index in [2.05, 4.69) is 0 Å². The molecule has 1 rings (SSSR count). The van der Waals surface area contributed by atoms with Gasteiger partial charge in [0, 0.05) is 0 Å². The zero-order chi connectivity index (χ0) is 6.69. The van der Waals surface area contributed by atoms with Crippen LogP contribution in [0.25, 0.3) is 0 Å². The van der Waals surface area contributed by atoms with Crippen molar-refractivity contribution in [3.05, 3.63) is 35.9 Å². The standard InChI is InChI=1S/C7H9NO/c8-7(9)6-4-2-1-3-5-6/h1-5,7,9H,8H2/t7-/m1/s1. The second-order valence-electron chi connectivity index (χ2n) is 1.86. The molecule has 2 heteroatoms. The quantitative estimate of drug-likeness (QED) is 0.538. The molecule has 1 atom stereocenters. The van der Waals surface area contributed by atoms with Gasteiger partial charge < -0.3 is 10.8 Å². The summed E-state index contributed by atoms with van der Waals surface area (Å²) in [5.74, 6) is 0. The number of benzene rings is 1. The number of aliphatic hydroxyl groups excluding tert-OH is 1. The Morgan fingerprint density at radius 1 is 1.22 bits per heavy atom. The van der Waals surface area contributed by atoms with Crippen LogP contribution in [0.4, 0.5) is 0 Å². The molecule has 0 bridgehead atoms. The molecule has 1 aromatic rings. The van der Waals surface area contributed by atoms with E-state index in [1.165, 1.54) is 0 Å². The van der Waals surface area contributed by atoms with Crippen LogP contribution in [0, 0.1) is 0 Å². The molecule has 0 radical (unpaired) electrons. The van der Waals surface area contributed by atoms with E-state index in [1.807, 2.05) is 18.2 Å². The molecule has 0 aliphatic heterocycles. The smallest absolute Gasteiger partial charge is 0.128 e. The second-order valence-corrected chi connectivity index (χ2v) is 1.86. The van der Waals surface area contributed by atoms with Gasteiger partial charge in [-0.1, -0.05) is 30.3 Å². The number of hydrogen-bond donors (Lipinski definition) is 2. The molecule has 0 heterocycles. The van der Waals surface area contributed by atoms with E-state index < -0.39 is 6.23 Å². The molecule has 1 aromatic carbocycles. The van der Waals surface area contributed by atoms with E-state index >= 15 is 0 Å². The maximum Gasteiger partial charge on any atom is 0.128 e. The molecular formula is C7H9NO. The minimum Gasteiger partial charge on any atom is -0.375 e. The lowest BCUT2D eigenvalue weighted by molar-refractivity contribution is 0.186. The van der Waals surface area contributed by atoms with Crippen molar-refractivity contribution in [2.24, 2.45) is 5.73 Å². The predicted octanol–water partition coefficient (Wildman–Crippen LogP) is 0.636. The molecule has 0 unspecified atom stereocenters. The molecule has 3 N–H and O–H groups in total. The highest BCUT2D eigenvalue weighted by atomic mass is 16.3. The molecule has 2 nitrogen and oxygen atoms in total. The predicted molar refractivity (Wildman–Crippen MR) is 35.6 cm³/mol. The highest BCUT2D eigenvalue weighted by molar-refractivity contribution is 5.15. The maximum atomic E-state index is 8.80. The first-order valence-electron chi connectivity index (χ1n) is 2.79. The zero-order valence-electron chi connectivity index (χ0n) is 4.99. The Balaban J connectivity index is 2.85. The van der Waals surface area contributed by atoms with E-state index in [9.17, 15) is 0 Å². The van der Waals surface area contributed by atoms with Gasteiger partial charge in [0.15, 0.2) is 0 Å². The molecule has 0 fully saturated rings. The Labute approximate surface area is 53.9 Å². The number of hydrogen-bond acceptors (Lipinski definition) is 2. The minimum absolute atomic E-state index is 0.748. The first kappa shape index (κ1) is 6.26. The summed E-state index contributed by atoms with van der Waals surface area (Å²) in [4.78, 5) is 0. The fourth-order valence-electron chi connectivity index (χ4n) is 0.650. The molecular weight excluding hydrogens is 114 g/mol. The molecule has 0 aliphatic rings. The van der Waals surface area contributed by atoms with Crippen LogP contribution in [0.5, 0.6) is 0 Å². The van der Waals surface area contributed by atoms with E-state index in [0.29, 0.717) is 0 Å². The van der Waals surface area contributed by atoms with Crippen molar-refractivity contribution in [2.75, 3.05) is 0 Å². The summed E-state index contributed by atoms with van der Waals surface area (Å²) in [5, 5.41) is 8.80. The first-order chi connectivity index (χ1) is 4.30. The normalized spacial score (nSPS) is 13.1. The van der Waals surface area contributed by atoms with Gasteiger partial charge in [0.1, 0.15) is 6.23 Å². The highest BCUT2D eigenvalue weighted by Gasteiger charge is 1.95. The van der Waals surface area contributed by atoms with Crippen LogP contribution in [0.3, 0.4) is 0 Å². The van der Waals surface area contributed by atoms with Crippen molar-refractivity contribution in [3.63, 3.8) is 0 Å². The fourth-order valence-corrected chi connectivity index (χ4v) is 0.650. The lowest BCUT2D eigenvalue weighted by Crippen LogP contribution is -2.07. The molecule has 0 saturated heterocycles. The van der Waals surface area contributed by atoms with Crippen molar-refractivity contribution >= 4 is 0 Å². The third-order valence-electron chi connectivity index (χ3n) is 1.14. The summed E-state index contributed by atoms with van der Waals surface area (Å²) in [6.45, 7) is 0. The van der Waals surface area contributed by atoms with Gasteiger partial charge in [0.05, 0.1) is 0 Å². The van der Waals surface area contributed by atoms with Gasteiger partial charge in [-0.05, 0) is 5.56 Å². The summed E-state index contributed by atoms with van der Waals surface area (Å²) >= 11 is 0. The minimum atomic E-state index is -0.841. The lowest BCUT2D eigenvalue weighted by atomic mass is 10.2. The molecule has 0 saturated carbocycles. The van der Waals surface area contributed by atoms with Crippen molar-refractivity contribution in [3.8, 4) is 0 Å². The van der Waals surface area contributed by atoms with Crippen molar-refractivity contribution < 1.29 is 5.11 Å². The average molecular weight is 123 g/mol. The summed E-state index contributed by atoms with van der Waals surface area (Å²) in [6.07, 6.45) is -0.841. The fraction of sp³-hybridized carbons (Fsp3) is 0.143. The summed E-state index contributed by atoms with van der Waals surface area (Å²) in [7, 11) is 0. The van der Waals surface area contributed by atoms with Crippen LogP contribution in [0.15, 0.2) is 30.3 Å². The van der Waals surface area contributed by atoms with Gasteiger partial charge in [-0.25, -0.2) is 0 Å². The van der Waals surface area contributed by atoms with Gasteiger partial charge in [0.2, 0.25) is 0 Å². The first-order valence-corrected chi connectivity index (χ1v) is 2.79. The van der Waals surface area contributed by atoms with Crippen molar-refractivity contribution in [1.82, 2.24) is 0 Å². The second kappa shape index (κ2) is 2.62. The summed E-state index contributed by atoms with van der Waals surface area (Å²) in [5.41, 5.74) is 5.92. The average Bonchev–Trinajstić information content (AvgIpc) is 1.90. The van der Waals surface area contributed by atoms with Crippen LogP contribution in [-0.2, 0) is 0 Å². The van der Waals surface area contributed by atoms with Gasteiger partial charge in [-0.15, -0.1) is 0 Å². The molecule has 0 amide bonds. The van der Waals surface area contributed by atoms with Gasteiger partial charge in [0.25, 0.3) is 0 Å². The lowest BCUT2D eigenvalue weighted by Gasteiger charge is -2.01. The Morgan fingerprint density at radius 2 is 1.78 bits per heavy atom. The molecule has 0 aromatic heterocycles. The van der Waals surface area contributed by atoms with E-state index in [4.69, 9.17) is 10.8 Å². The summed E-state index contributed by atoms with van der Waals surface area (Å²) < 4.78 is 0. The van der Waals surface area contributed by atoms with E-state index in [1.54, 1.807) is 12.1 Å². The van der Waals surface area contributed by atoms with Crippen LogP contribution < -0.4 is 5.73 Å². The zero-order valence-corrected chi connectivity index (χ0v) is 4.99. The number of rotatable bonds is 1. The van der Waals surface area contributed by atoms with Crippen molar-refractivity contribution in [2.45, 2.75) is 6.23 Å². The molecule has 9 heavy (non-hydrogen) atoms. The Bertz CT molecular complexity index is 172. The molecule has 48 valence electrons. The van der Waals surface area contributed by atoms with Crippen LogP contribution in [0.1, 0.15) is 11.8 Å². The van der Waals surface area contributed by atoms with Crippen LogP contribution in [-0.4, -0.2) is 5.11 Å². The number of nitrogens with two attached hydrogens (primary N) is 1. The highest BCUT2D eigenvalue weighted by Crippen LogP contribution is 2.04. The maximum absolute atomic E-state index is 8.80. The topological polar surface area (TPSA) is 46.2 Å². The van der Waals surface area contributed by atoms with Gasteiger partial charge >= 0.3 is 0 Å². The van der Waals surface area contributed by atoms with E-state index in [0.717, 1.165) is 5.56 Å². The van der Waals surface area contributed by atoms with Crippen LogP contribution >= 0.6 is 0 Å². The third-order valence-corrected chi connectivity index (χ3v) is 1.14. The molecule has 0 spiro atoms. The SMILES string of the molecule is N[C@H](O)c1ccccc1. The number of aliphatic hydroxyl groups is 1. The monoisotopic (exact) mass is 123 g/mol. The van der Waals surface area contributed by atoms with Crippen LogP contribution in [0.2, 0.25) is 0 Å². The van der Waals surface area contributed by atoms with E-state index in [-0.39, 0.29) is 0 Å². The van der Waals surface area contributed by atoms with Gasteiger partial charge in [-0.3, -0.25) is 0 Å². The van der Waals surface area contributed by atoms with Crippen molar-refractivity contribution in [1.29, 1.82) is 0 Å². The summed E-state index contributed by atoms with van der Waals surface area (Å²) in [6, 6.07) is 9.12. The van der Waals surface area contributed by atoms with Gasteiger partial charge in [-0.2, -0.15) is 0 Å². The Hall–Kier alpha value is -0.860. The Morgan fingerprint density at radius 3 is 2.11 bits per heavy atom. The largest absolute Gasteiger partial charge is 0.375 e. The molecule has 0 aliphatic carbocycles. The Kier molecular flexibility index (Phi) is 1.82.